The van der Waals surface area contributed by atoms with Crippen LogP contribution in [-0.2, 0) is 16.2 Å². The molecule has 204 valence electrons. The van der Waals surface area contributed by atoms with E-state index in [1.807, 2.05) is 0 Å². The minimum atomic E-state index is -4.85. The van der Waals surface area contributed by atoms with Crippen LogP contribution in [0.1, 0.15) is 16.2 Å². The maximum Gasteiger partial charge on any atom is 0.435 e. The largest absolute Gasteiger partial charge is 0.435 e. The summed E-state index contributed by atoms with van der Waals surface area (Å²) >= 11 is 6.00. The fraction of sp³-hybridized carbons (Fsp3) is 0.0370. The highest BCUT2D eigenvalue weighted by Gasteiger charge is 2.36. The number of rotatable bonds is 5. The lowest BCUT2D eigenvalue weighted by molar-refractivity contribution is -0.141. The third-order valence-electron chi connectivity index (χ3n) is 5.98. The Bertz CT molecular complexity index is 1910. The van der Waals surface area contributed by atoms with Crippen LogP contribution in [-0.4, -0.2) is 24.1 Å². The van der Waals surface area contributed by atoms with Gasteiger partial charge in [-0.25, -0.2) is 22.6 Å². The van der Waals surface area contributed by atoms with Gasteiger partial charge in [-0.2, -0.15) is 18.3 Å². The molecule has 1 amide bonds. The fourth-order valence-electron chi connectivity index (χ4n) is 4.14. The van der Waals surface area contributed by atoms with Crippen molar-refractivity contribution in [1.82, 2.24) is 9.78 Å². The van der Waals surface area contributed by atoms with Gasteiger partial charge in [0.15, 0.2) is 5.69 Å². The maximum absolute atomic E-state index is 15.1. The van der Waals surface area contributed by atoms with Crippen molar-refractivity contribution in [3.05, 3.63) is 107 Å². The molecule has 0 fully saturated rings. The molecular weight excluding hydrogens is 572 g/mol. The molecular formula is C27H17ClF4N4O3S. The molecule has 0 aliphatic carbocycles. The van der Waals surface area contributed by atoms with Gasteiger partial charge in [-0.3, -0.25) is 4.79 Å². The molecule has 1 aromatic heterocycles. The summed E-state index contributed by atoms with van der Waals surface area (Å²) in [5.74, 6) is -2.02. The number of carbonyl (C=O) groups excluding carboxylic acids is 1. The van der Waals surface area contributed by atoms with Crippen LogP contribution in [0.3, 0.4) is 0 Å². The number of primary sulfonamides is 1. The number of aromatic nitrogens is 2. The van der Waals surface area contributed by atoms with Gasteiger partial charge in [-0.05, 0) is 58.8 Å². The number of carbonyl (C=O) groups is 1. The topological polar surface area (TPSA) is 107 Å². The van der Waals surface area contributed by atoms with E-state index in [0.29, 0.717) is 16.5 Å². The third kappa shape index (κ3) is 5.41. The molecule has 0 radical (unpaired) electrons. The molecule has 0 saturated heterocycles. The predicted molar refractivity (Wildman–Crippen MR) is 142 cm³/mol. The van der Waals surface area contributed by atoms with E-state index in [-0.39, 0.29) is 27.4 Å². The van der Waals surface area contributed by atoms with Crippen molar-refractivity contribution < 1.29 is 30.8 Å². The number of halogens is 5. The first-order valence-corrected chi connectivity index (χ1v) is 13.3. The van der Waals surface area contributed by atoms with E-state index in [1.54, 1.807) is 30.3 Å². The first kappa shape index (κ1) is 27.3. The number of amides is 1. The lowest BCUT2D eigenvalue weighted by Crippen LogP contribution is -2.17. The summed E-state index contributed by atoms with van der Waals surface area (Å²) in [6.45, 7) is 0. The molecule has 13 heteroatoms. The highest BCUT2D eigenvalue weighted by Crippen LogP contribution is 2.32. The Labute approximate surface area is 229 Å². The molecule has 0 spiro atoms. The second-order valence-corrected chi connectivity index (χ2v) is 10.7. The van der Waals surface area contributed by atoms with Crippen LogP contribution < -0.4 is 10.5 Å². The Morgan fingerprint density at radius 2 is 1.62 bits per heavy atom. The lowest BCUT2D eigenvalue weighted by Gasteiger charge is -2.12. The van der Waals surface area contributed by atoms with Gasteiger partial charge in [0.05, 0.1) is 16.3 Å². The van der Waals surface area contributed by atoms with Gasteiger partial charge in [0.2, 0.25) is 10.0 Å². The number of sulfonamides is 1. The van der Waals surface area contributed by atoms with Crippen LogP contribution in [0.5, 0.6) is 0 Å². The summed E-state index contributed by atoms with van der Waals surface area (Å²) in [7, 11) is -4.12. The maximum atomic E-state index is 15.1. The van der Waals surface area contributed by atoms with E-state index in [2.05, 4.69) is 10.4 Å². The first-order valence-electron chi connectivity index (χ1n) is 11.4. The zero-order chi connectivity index (χ0) is 28.8. The van der Waals surface area contributed by atoms with Crippen LogP contribution in [0.25, 0.3) is 27.6 Å². The van der Waals surface area contributed by atoms with Crippen molar-refractivity contribution in [2.75, 3.05) is 5.32 Å². The van der Waals surface area contributed by atoms with Gasteiger partial charge in [-0.1, -0.05) is 48.0 Å². The van der Waals surface area contributed by atoms with Crippen LogP contribution in [0, 0.1) is 5.82 Å². The van der Waals surface area contributed by atoms with Gasteiger partial charge in [0.25, 0.3) is 5.91 Å². The van der Waals surface area contributed by atoms with Crippen molar-refractivity contribution in [2.24, 2.45) is 5.14 Å². The molecule has 5 rings (SSSR count). The minimum Gasteiger partial charge on any atom is -0.318 e. The number of fused-ring (bicyclic) bond motifs is 1. The van der Waals surface area contributed by atoms with Crippen molar-refractivity contribution in [3.63, 3.8) is 0 Å². The molecule has 3 N–H and O–H groups in total. The van der Waals surface area contributed by atoms with Gasteiger partial charge in [0.1, 0.15) is 11.5 Å². The van der Waals surface area contributed by atoms with E-state index in [4.69, 9.17) is 16.7 Å². The Morgan fingerprint density at radius 3 is 2.33 bits per heavy atom. The number of anilines is 1. The molecule has 0 saturated carbocycles. The van der Waals surface area contributed by atoms with Gasteiger partial charge in [0, 0.05) is 16.7 Å². The number of alkyl halides is 3. The highest BCUT2D eigenvalue weighted by molar-refractivity contribution is 7.89. The normalized spacial score (nSPS) is 12.1. The van der Waals surface area contributed by atoms with E-state index in [9.17, 15) is 26.4 Å². The molecule has 7 nitrogen and oxygen atoms in total. The summed E-state index contributed by atoms with van der Waals surface area (Å²) < 4.78 is 80.3. The van der Waals surface area contributed by atoms with E-state index in [0.717, 1.165) is 22.2 Å². The molecule has 0 aliphatic rings. The van der Waals surface area contributed by atoms with Gasteiger partial charge >= 0.3 is 6.18 Å². The summed E-state index contributed by atoms with van der Waals surface area (Å²) in [6, 6.07) is 19.3. The quantitative estimate of drug-likeness (QED) is 0.232. The summed E-state index contributed by atoms with van der Waals surface area (Å²) in [4.78, 5) is 12.9. The number of nitrogens with zero attached hydrogens (tertiary/aromatic N) is 2. The molecule has 40 heavy (non-hydrogen) atoms. The van der Waals surface area contributed by atoms with Gasteiger partial charge in [-0.15, -0.1) is 0 Å². The molecule has 5 aromatic rings. The SMILES string of the molecule is NS(=O)(=O)c1ccccc1-c1ccc(NC(=O)c2cc(C(F)(F)F)nn2-c2ccc3cc(Cl)ccc3c2)c(F)c1. The number of hydrogen-bond donors (Lipinski definition) is 2. The Balaban J connectivity index is 1.52. The monoisotopic (exact) mass is 588 g/mol. The second-order valence-electron chi connectivity index (χ2n) is 8.69. The lowest BCUT2D eigenvalue weighted by atomic mass is 10.0. The first-order chi connectivity index (χ1) is 18.8. The molecule has 4 aromatic carbocycles. The third-order valence-corrected chi connectivity index (χ3v) is 7.19. The fourth-order valence-corrected chi connectivity index (χ4v) is 5.08. The van der Waals surface area contributed by atoms with Crippen molar-refractivity contribution in [1.29, 1.82) is 0 Å². The number of nitrogens with one attached hydrogen (secondary N) is 1. The summed E-state index contributed by atoms with van der Waals surface area (Å²) in [6.07, 6.45) is -4.85. The second kappa shape index (κ2) is 10.0. The molecule has 0 unspecified atom stereocenters. The summed E-state index contributed by atoms with van der Waals surface area (Å²) in [5.41, 5.74) is -1.72. The van der Waals surface area contributed by atoms with Crippen LogP contribution >= 0.6 is 11.6 Å². The van der Waals surface area contributed by atoms with Gasteiger partial charge < -0.3 is 5.32 Å². The van der Waals surface area contributed by atoms with E-state index < -0.39 is 39.3 Å². The predicted octanol–water partition coefficient (Wildman–Crippen LogP) is 6.40. The standard InChI is InChI=1S/C27H17ClF4N4O3S/c28-18-8-5-16-12-19(9-6-15(16)11-18)36-23(14-25(35-36)27(30,31)32)26(37)34-22-10-7-17(13-21(22)29)20-3-1-2-4-24(20)40(33,38)39/h1-14H,(H,34,37)(H2,33,38,39). The zero-order valence-corrected chi connectivity index (χ0v) is 21.6. The number of benzene rings is 4. The Kier molecular flexibility index (Phi) is 6.86. The van der Waals surface area contributed by atoms with E-state index >= 15 is 4.39 Å². The van der Waals surface area contributed by atoms with Crippen LogP contribution in [0.2, 0.25) is 5.02 Å². The average Bonchev–Trinajstić information content (AvgIpc) is 3.36. The van der Waals surface area contributed by atoms with Crippen LogP contribution in [0.15, 0.2) is 89.8 Å². The zero-order valence-electron chi connectivity index (χ0n) is 20.1. The molecule has 0 atom stereocenters. The molecule has 0 bridgehead atoms. The minimum absolute atomic E-state index is 0.132. The van der Waals surface area contributed by atoms with Crippen molar-refractivity contribution >= 4 is 44.0 Å². The van der Waals surface area contributed by atoms with E-state index in [1.165, 1.54) is 36.4 Å². The Hall–Kier alpha value is -4.26. The number of hydrogen-bond acceptors (Lipinski definition) is 4. The average molecular weight is 589 g/mol. The van der Waals surface area contributed by atoms with Crippen LogP contribution in [0.4, 0.5) is 23.2 Å². The summed E-state index contributed by atoms with van der Waals surface area (Å²) in [5, 5.41) is 12.9. The molecule has 0 aliphatic heterocycles. The highest BCUT2D eigenvalue weighted by atomic mass is 35.5. The number of nitrogens with two attached hydrogens (primary N) is 1. The molecule has 1 heterocycles. The smallest absolute Gasteiger partial charge is 0.318 e. The van der Waals surface area contributed by atoms with Crippen molar-refractivity contribution in [3.8, 4) is 16.8 Å². The Morgan fingerprint density at radius 1 is 0.925 bits per heavy atom. The van der Waals surface area contributed by atoms with Crippen molar-refractivity contribution in [2.45, 2.75) is 11.1 Å².